The highest BCUT2D eigenvalue weighted by Gasteiger charge is 2.30. The van der Waals surface area contributed by atoms with Gasteiger partial charge >= 0.3 is 5.97 Å². The van der Waals surface area contributed by atoms with Gasteiger partial charge in [-0.1, -0.05) is 36.4 Å². The lowest BCUT2D eigenvalue weighted by atomic mass is 9.93. The molecule has 3 rings (SSSR count). The highest BCUT2D eigenvalue weighted by molar-refractivity contribution is 6.01. The summed E-state index contributed by atoms with van der Waals surface area (Å²) in [4.78, 5) is 27.0. The molecule has 5 nitrogen and oxygen atoms in total. The van der Waals surface area contributed by atoms with Crippen LogP contribution < -0.4 is 0 Å². The maximum atomic E-state index is 13.2. The van der Waals surface area contributed by atoms with Crippen molar-refractivity contribution in [1.29, 1.82) is 5.26 Å². The van der Waals surface area contributed by atoms with Gasteiger partial charge in [-0.25, -0.2) is 0 Å². The standard InChI is InChI=1S/C22H22N2O3/c1-2-27-22(26)17-9-7-13-24(15-17)21(25)20-12-6-5-11-19(20)18-10-4-3-8-16(18)14-23/h3-6,8,10-12,17H,2,7,9,13,15H2,1H3. The van der Waals surface area contributed by atoms with E-state index in [9.17, 15) is 14.9 Å². The van der Waals surface area contributed by atoms with E-state index < -0.39 is 0 Å². The third kappa shape index (κ3) is 4.01. The zero-order chi connectivity index (χ0) is 19.2. The second-order valence-electron chi connectivity index (χ2n) is 6.55. The fourth-order valence-corrected chi connectivity index (χ4v) is 3.50. The van der Waals surface area contributed by atoms with Crippen molar-refractivity contribution < 1.29 is 14.3 Å². The molecule has 1 aliphatic heterocycles. The van der Waals surface area contributed by atoms with Crippen molar-refractivity contribution in [2.45, 2.75) is 19.8 Å². The van der Waals surface area contributed by atoms with Crippen LogP contribution in [0.5, 0.6) is 0 Å². The number of rotatable bonds is 4. The number of likely N-dealkylation sites (tertiary alicyclic amines) is 1. The molecule has 0 radical (unpaired) electrons. The first-order valence-electron chi connectivity index (χ1n) is 9.20. The summed E-state index contributed by atoms with van der Waals surface area (Å²) in [6.45, 7) is 3.11. The van der Waals surface area contributed by atoms with Crippen LogP contribution in [0.1, 0.15) is 35.7 Å². The van der Waals surface area contributed by atoms with Gasteiger partial charge in [-0.2, -0.15) is 5.26 Å². The number of amides is 1. The summed E-state index contributed by atoms with van der Waals surface area (Å²) in [6.07, 6.45) is 1.51. The summed E-state index contributed by atoms with van der Waals surface area (Å²) in [5, 5.41) is 9.41. The van der Waals surface area contributed by atoms with E-state index in [4.69, 9.17) is 4.74 Å². The molecule has 1 heterocycles. The Labute approximate surface area is 159 Å². The maximum absolute atomic E-state index is 13.2. The van der Waals surface area contributed by atoms with E-state index in [-0.39, 0.29) is 17.8 Å². The van der Waals surface area contributed by atoms with Gasteiger partial charge in [-0.15, -0.1) is 0 Å². The molecule has 27 heavy (non-hydrogen) atoms. The van der Waals surface area contributed by atoms with Crippen LogP contribution in [0.15, 0.2) is 48.5 Å². The van der Waals surface area contributed by atoms with E-state index in [1.54, 1.807) is 30.0 Å². The monoisotopic (exact) mass is 362 g/mol. The molecule has 1 amide bonds. The van der Waals surface area contributed by atoms with Gasteiger partial charge in [-0.05, 0) is 37.5 Å². The van der Waals surface area contributed by atoms with Gasteiger partial charge in [0.25, 0.3) is 5.91 Å². The SMILES string of the molecule is CCOC(=O)C1CCCN(C(=O)c2ccccc2-c2ccccc2C#N)C1. The molecule has 0 aliphatic carbocycles. The predicted octanol–water partition coefficient (Wildman–Crippen LogP) is 3.64. The van der Waals surface area contributed by atoms with E-state index in [0.717, 1.165) is 24.0 Å². The largest absolute Gasteiger partial charge is 0.466 e. The van der Waals surface area contributed by atoms with Crippen LogP contribution in [-0.2, 0) is 9.53 Å². The Morgan fingerprint density at radius 2 is 1.85 bits per heavy atom. The minimum absolute atomic E-state index is 0.118. The Balaban J connectivity index is 1.90. The number of nitrogens with zero attached hydrogens (tertiary/aromatic N) is 2. The molecule has 5 heteroatoms. The van der Waals surface area contributed by atoms with Crippen LogP contribution in [0.2, 0.25) is 0 Å². The van der Waals surface area contributed by atoms with E-state index in [0.29, 0.717) is 30.8 Å². The molecule has 1 atom stereocenters. The van der Waals surface area contributed by atoms with Crippen LogP contribution in [0.25, 0.3) is 11.1 Å². The number of benzene rings is 2. The van der Waals surface area contributed by atoms with Crippen molar-refractivity contribution in [3.63, 3.8) is 0 Å². The molecular formula is C22H22N2O3. The number of carbonyl (C=O) groups excluding carboxylic acids is 2. The predicted molar refractivity (Wildman–Crippen MR) is 102 cm³/mol. The number of carbonyl (C=O) groups is 2. The quantitative estimate of drug-likeness (QED) is 0.779. The van der Waals surface area contributed by atoms with Crippen LogP contribution in [0.3, 0.4) is 0 Å². The normalized spacial score (nSPS) is 16.4. The number of piperidine rings is 1. The van der Waals surface area contributed by atoms with Crippen molar-refractivity contribution in [2.24, 2.45) is 5.92 Å². The van der Waals surface area contributed by atoms with Gasteiger partial charge in [0.05, 0.1) is 24.2 Å². The smallest absolute Gasteiger partial charge is 0.310 e. The molecular weight excluding hydrogens is 340 g/mol. The molecule has 0 saturated carbocycles. The van der Waals surface area contributed by atoms with E-state index >= 15 is 0 Å². The molecule has 1 saturated heterocycles. The molecule has 138 valence electrons. The second kappa shape index (κ2) is 8.50. The number of esters is 1. The zero-order valence-corrected chi connectivity index (χ0v) is 15.4. The van der Waals surface area contributed by atoms with Gasteiger partial charge in [0, 0.05) is 24.2 Å². The lowest BCUT2D eigenvalue weighted by Gasteiger charge is -2.32. The summed E-state index contributed by atoms with van der Waals surface area (Å²) in [7, 11) is 0. The molecule has 2 aromatic rings. The molecule has 0 aromatic heterocycles. The molecule has 0 spiro atoms. The van der Waals surface area contributed by atoms with Crippen LogP contribution in [-0.4, -0.2) is 36.5 Å². The average Bonchev–Trinajstić information content (AvgIpc) is 2.73. The third-order valence-corrected chi connectivity index (χ3v) is 4.82. The Kier molecular flexibility index (Phi) is 5.87. The third-order valence-electron chi connectivity index (χ3n) is 4.82. The van der Waals surface area contributed by atoms with E-state index in [2.05, 4.69) is 6.07 Å². The average molecular weight is 362 g/mol. The lowest BCUT2D eigenvalue weighted by molar-refractivity contribution is -0.149. The van der Waals surface area contributed by atoms with Crippen molar-refractivity contribution >= 4 is 11.9 Å². The van der Waals surface area contributed by atoms with E-state index in [1.165, 1.54) is 0 Å². The van der Waals surface area contributed by atoms with Crippen molar-refractivity contribution in [1.82, 2.24) is 4.90 Å². The second-order valence-corrected chi connectivity index (χ2v) is 6.55. The van der Waals surface area contributed by atoms with Crippen molar-refractivity contribution in [2.75, 3.05) is 19.7 Å². The minimum Gasteiger partial charge on any atom is -0.466 e. The Hall–Kier alpha value is -3.13. The van der Waals surface area contributed by atoms with Crippen LogP contribution >= 0.6 is 0 Å². The maximum Gasteiger partial charge on any atom is 0.310 e. The fourth-order valence-electron chi connectivity index (χ4n) is 3.50. The number of hydrogen-bond acceptors (Lipinski definition) is 4. The van der Waals surface area contributed by atoms with Crippen molar-refractivity contribution in [3.05, 3.63) is 59.7 Å². The fraction of sp³-hybridized carbons (Fsp3) is 0.318. The minimum atomic E-state index is -0.277. The number of ether oxygens (including phenoxy) is 1. The topological polar surface area (TPSA) is 70.4 Å². The highest BCUT2D eigenvalue weighted by Crippen LogP contribution is 2.29. The summed E-state index contributed by atoms with van der Waals surface area (Å²) < 4.78 is 5.13. The van der Waals surface area contributed by atoms with Crippen LogP contribution in [0, 0.1) is 17.2 Å². The summed E-state index contributed by atoms with van der Waals surface area (Å²) in [5.74, 6) is -0.633. The molecule has 1 fully saturated rings. The van der Waals surface area contributed by atoms with E-state index in [1.807, 2.05) is 30.3 Å². The zero-order valence-electron chi connectivity index (χ0n) is 15.4. The Morgan fingerprint density at radius 1 is 1.15 bits per heavy atom. The summed E-state index contributed by atoms with van der Waals surface area (Å²) in [6, 6.07) is 16.8. The van der Waals surface area contributed by atoms with Gasteiger partial charge < -0.3 is 9.64 Å². The van der Waals surface area contributed by atoms with Gasteiger partial charge in [0.2, 0.25) is 0 Å². The van der Waals surface area contributed by atoms with Crippen molar-refractivity contribution in [3.8, 4) is 17.2 Å². The van der Waals surface area contributed by atoms with Gasteiger partial charge in [-0.3, -0.25) is 9.59 Å². The Bertz CT molecular complexity index is 885. The first-order chi connectivity index (χ1) is 13.2. The van der Waals surface area contributed by atoms with Crippen LogP contribution in [0.4, 0.5) is 0 Å². The lowest BCUT2D eigenvalue weighted by Crippen LogP contribution is -2.43. The first kappa shape index (κ1) is 18.7. The Morgan fingerprint density at radius 3 is 2.59 bits per heavy atom. The summed E-state index contributed by atoms with van der Waals surface area (Å²) >= 11 is 0. The molecule has 2 aromatic carbocycles. The van der Waals surface area contributed by atoms with Gasteiger partial charge in [0.15, 0.2) is 0 Å². The number of nitriles is 1. The van der Waals surface area contributed by atoms with Gasteiger partial charge in [0.1, 0.15) is 0 Å². The molecule has 1 aliphatic rings. The summed E-state index contributed by atoms with van der Waals surface area (Å²) in [5.41, 5.74) is 2.55. The highest BCUT2D eigenvalue weighted by atomic mass is 16.5. The molecule has 0 N–H and O–H groups in total. The molecule has 1 unspecified atom stereocenters. The molecule has 0 bridgehead atoms. The first-order valence-corrected chi connectivity index (χ1v) is 9.20. The number of hydrogen-bond donors (Lipinski definition) is 0.